The predicted molar refractivity (Wildman–Crippen MR) is 466 cm³/mol. The molecule has 0 aromatic heterocycles. The number of aliphatic carboxylic acids is 12. The molecule has 5 atom stereocenters. The summed E-state index contributed by atoms with van der Waals surface area (Å²) in [6.07, 6.45) is -2.06. The summed E-state index contributed by atoms with van der Waals surface area (Å²) in [6.45, 7) is -4.78. The van der Waals surface area contributed by atoms with Crippen LogP contribution >= 0.6 is 0 Å². The van der Waals surface area contributed by atoms with Gasteiger partial charge in [0, 0.05) is 293 Å². The van der Waals surface area contributed by atoms with Gasteiger partial charge in [0.2, 0.25) is 35.4 Å². The molecule has 54 nitrogen and oxygen atoms in total. The van der Waals surface area contributed by atoms with Gasteiger partial charge < -0.3 is 122 Å². The van der Waals surface area contributed by atoms with Gasteiger partial charge in [-0.15, -0.1) is 0 Å². The first-order valence-electron chi connectivity index (χ1n) is 45.5. The Morgan fingerprint density at radius 3 is 0.610 bits per heavy atom. The number of carboxylic acids is 12. The molecule has 5 unspecified atom stereocenters. The van der Waals surface area contributed by atoms with E-state index in [9.17, 15) is 157 Å². The van der Waals surface area contributed by atoms with Crippen molar-refractivity contribution in [1.29, 1.82) is 0 Å². The SMILES string of the molecule is CC(C(=O)CCC(=O)NCC(CCC(=O)CNC(=O)C(C)N1CCN(CC(=O)[O-])CCN(CC(=O)O)CCN(CC(=O)O)CC1)(CNC(=O)CNC(=O)C(C)N1CCN(CC(=O)[O-])CCN(CC(=O)[O-])CCN(CC(=O)O)CC1)CNC(=O)CNC(=O)C(C)N1CCN(CC(=O)[O-])CCN(CC(=O)O)CCN(CC(=O)O)CC1)N1CCN(CC(=O)[O-])CCN(CC(=O)[O-])CCN(CC(=O)O)CC1.[Gd+3].[Gd+3].[Gd+3].[Gd+3]. The van der Waals surface area contributed by atoms with Gasteiger partial charge in [0.05, 0.1) is 119 Å². The molecule has 4 saturated heterocycles. The molecule has 4 aliphatic heterocycles. The van der Waals surface area contributed by atoms with Crippen LogP contribution < -0.4 is 62.5 Å². The van der Waals surface area contributed by atoms with Crippen LogP contribution in [0, 0.1) is 165 Å². The fourth-order valence-electron chi connectivity index (χ4n) is 16.0. The van der Waals surface area contributed by atoms with Crippen LogP contribution in [0.25, 0.3) is 0 Å². The largest absolute Gasteiger partial charge is 3.00 e. The van der Waals surface area contributed by atoms with Crippen molar-refractivity contribution >= 4 is 119 Å². The van der Waals surface area contributed by atoms with Gasteiger partial charge in [0.1, 0.15) is 5.78 Å². The molecule has 4 rings (SSSR count). The van der Waals surface area contributed by atoms with Crippen molar-refractivity contribution in [2.24, 2.45) is 5.41 Å². The number of carboxylic acid groups (broad SMARTS) is 12. The summed E-state index contributed by atoms with van der Waals surface area (Å²) in [5.41, 5.74) is -1.77. The van der Waals surface area contributed by atoms with E-state index >= 15 is 0 Å². The van der Waals surface area contributed by atoms with Crippen molar-refractivity contribution in [3.05, 3.63) is 0 Å². The molecule has 796 valence electrons. The first-order chi connectivity index (χ1) is 64.6. The van der Waals surface area contributed by atoms with Crippen LogP contribution in [0.4, 0.5) is 0 Å². The number of carbonyl (C=O) groups is 20. The molecule has 58 heteroatoms. The second-order valence-electron chi connectivity index (χ2n) is 34.7. The van der Waals surface area contributed by atoms with Gasteiger partial charge in [-0.05, 0) is 34.1 Å². The Bertz CT molecular complexity index is 3420. The zero-order chi connectivity index (χ0) is 102. The van der Waals surface area contributed by atoms with Crippen LogP contribution in [0.2, 0.25) is 0 Å². The molecule has 4 fully saturated rings. The Morgan fingerprint density at radius 1 is 0.234 bits per heavy atom. The molecular formula is C83H136Gd4N22O32+6. The molecule has 4 radical (unpaired) electrons. The monoisotopic (exact) mass is 2580 g/mol. The number of nitrogens with one attached hydrogen (secondary N) is 6. The number of amides is 6. The van der Waals surface area contributed by atoms with E-state index in [0.29, 0.717) is 0 Å². The van der Waals surface area contributed by atoms with Crippen LogP contribution in [0.5, 0.6) is 0 Å². The third-order valence-electron chi connectivity index (χ3n) is 24.4. The molecule has 0 bridgehead atoms. The van der Waals surface area contributed by atoms with E-state index in [1.54, 1.807) is 19.6 Å². The predicted octanol–water partition coefficient (Wildman–Crippen LogP) is -19.2. The summed E-state index contributed by atoms with van der Waals surface area (Å²) in [6, 6.07) is -4.46. The number of nitrogens with zero attached hydrogens (tertiary/aromatic N) is 16. The molecule has 141 heavy (non-hydrogen) atoms. The molecule has 12 N–H and O–H groups in total. The molecule has 0 saturated carbocycles. The van der Waals surface area contributed by atoms with Gasteiger partial charge in [0.25, 0.3) is 0 Å². The van der Waals surface area contributed by atoms with E-state index in [2.05, 4.69) is 31.9 Å². The van der Waals surface area contributed by atoms with Crippen LogP contribution in [0.1, 0.15) is 53.4 Å². The normalized spacial score (nSPS) is 19.1. The van der Waals surface area contributed by atoms with Crippen molar-refractivity contribution in [2.75, 3.05) is 327 Å². The number of carbonyl (C=O) groups excluding carboxylic acids is 14. The molecule has 0 aliphatic carbocycles. The Hall–Kier alpha value is -5.54. The third-order valence-corrected chi connectivity index (χ3v) is 24.4. The number of hydrogen-bond acceptors (Lipinski definition) is 42. The molecular weight excluding hydrogens is 2450 g/mol. The second kappa shape index (κ2) is 73.5. The maximum Gasteiger partial charge on any atom is 3.00 e. The van der Waals surface area contributed by atoms with E-state index < -0.39 is 292 Å². The van der Waals surface area contributed by atoms with E-state index in [4.69, 9.17) is 0 Å². The van der Waals surface area contributed by atoms with Gasteiger partial charge >= 0.3 is 196 Å². The second-order valence-corrected chi connectivity index (χ2v) is 34.7. The maximum absolute atomic E-state index is 14.6. The third kappa shape index (κ3) is 59.9. The Labute approximate surface area is 946 Å². The summed E-state index contributed by atoms with van der Waals surface area (Å²) in [5.74, 6) is -22.3. The Balaban J connectivity index is 0.0000490. The van der Waals surface area contributed by atoms with Crippen LogP contribution in [-0.2, 0) is 95.9 Å². The average Bonchev–Trinajstić information content (AvgIpc) is 0.844. The van der Waals surface area contributed by atoms with Crippen LogP contribution in [0.15, 0.2) is 0 Å². The van der Waals surface area contributed by atoms with Crippen LogP contribution in [-0.4, -0.2) is 579 Å². The van der Waals surface area contributed by atoms with Crippen molar-refractivity contribution in [3.63, 3.8) is 0 Å². The first kappa shape index (κ1) is 135. The summed E-state index contributed by atoms with van der Waals surface area (Å²) in [5, 5.41) is 146. The topological polar surface area (TPSA) is 725 Å². The molecule has 0 aromatic rings. The van der Waals surface area contributed by atoms with E-state index in [1.807, 2.05) is 0 Å². The molecule has 0 aromatic carbocycles. The minimum Gasteiger partial charge on any atom is -0.549 e. The first-order valence-corrected chi connectivity index (χ1v) is 45.5. The van der Waals surface area contributed by atoms with Gasteiger partial charge in [-0.1, -0.05) is 0 Å². The van der Waals surface area contributed by atoms with Crippen molar-refractivity contribution < 1.29 is 317 Å². The fraction of sp³-hybridized carbons (Fsp3) is 0.759. The molecule has 4 aliphatic rings. The molecule has 4 heterocycles. The zero-order valence-electron chi connectivity index (χ0n) is 79.9. The minimum atomic E-state index is -1.77. The van der Waals surface area contributed by atoms with E-state index in [0.717, 1.165) is 0 Å². The average molecular weight is 2580 g/mol. The van der Waals surface area contributed by atoms with Gasteiger partial charge in [-0.2, -0.15) is 0 Å². The maximum atomic E-state index is 14.6. The summed E-state index contributed by atoms with van der Waals surface area (Å²) in [4.78, 5) is 283. The summed E-state index contributed by atoms with van der Waals surface area (Å²) >= 11 is 0. The molecule has 6 amide bonds. The smallest absolute Gasteiger partial charge is 0.549 e. The molecule has 0 spiro atoms. The number of hydrogen-bond donors (Lipinski definition) is 12. The van der Waals surface area contributed by atoms with Crippen molar-refractivity contribution in [3.8, 4) is 0 Å². The Kier molecular flexibility index (Phi) is 70.7. The summed E-state index contributed by atoms with van der Waals surface area (Å²) in [7, 11) is 0. The fourth-order valence-corrected chi connectivity index (χ4v) is 16.0. The quantitative estimate of drug-likeness (QED) is 0.0269. The number of Topliss-reactive ketones (excluding diaryl/α,β-unsaturated/α-hetero) is 2. The summed E-state index contributed by atoms with van der Waals surface area (Å²) < 4.78 is 0. The zero-order valence-corrected chi connectivity index (χ0v) is 88.9. The van der Waals surface area contributed by atoms with Crippen molar-refractivity contribution in [2.45, 2.75) is 77.5 Å². The standard InChI is InChI=1S/C83H142N22O32.4Gd/c1-59(102-33-25-94(48-72(119)120)17-9-90(44-68(111)112)10-18-95(26-34-102)49-73(121)122)64(107)5-6-65(108)87-56-83(8-7-63(106)41-84-80(135)60(2)103-35-27-96(50-74(123)124)19-11-91(45-69(113)114)12-20-97(28-36-103)51-75(125)126,57-88-66(109)42-85-81(136)61(3)104-37-29-98(52-76(127)128)21-13-92(46-70(115)116)14-22-99(30-38-104)53-77(129)130)58-89-67(110)43-86-82(137)62(4)105-39-31-100(54-78(131)132)23-15-93(47-71(117)118)16-24-101(32-40-105)55-79(133)134;;;;/h59-62H,5-58H2,1-4H3,(H,84,135)(H,85,136)(H,86,137)(H,87,108)(H,88,109)(H,89,110)(H,111,112)(H,113,114)(H,115,116)(H,117,118)(H,119,120)(H,121,122)(H,123,124)(H,125,126)(H,127,128)(H,129,130)(H,131,132)(H,133,134);;;;/q;4*+3/p-6. The van der Waals surface area contributed by atoms with E-state index in [-0.39, 0.29) is 369 Å². The van der Waals surface area contributed by atoms with E-state index in [1.165, 1.54) is 86.5 Å². The van der Waals surface area contributed by atoms with Gasteiger partial charge in [-0.3, -0.25) is 146 Å². The van der Waals surface area contributed by atoms with Crippen LogP contribution in [0.3, 0.4) is 0 Å². The van der Waals surface area contributed by atoms with Gasteiger partial charge in [-0.25, -0.2) is 0 Å². The van der Waals surface area contributed by atoms with Gasteiger partial charge in [0.15, 0.2) is 5.78 Å². The minimum absolute atomic E-state index is 0. The van der Waals surface area contributed by atoms with Crippen molar-refractivity contribution in [1.82, 2.24) is 110 Å². The number of ketones is 2. The number of rotatable bonds is 50. The Morgan fingerprint density at radius 2 is 0.411 bits per heavy atom.